The van der Waals surface area contributed by atoms with E-state index in [9.17, 15) is 18.7 Å². The van der Waals surface area contributed by atoms with Crippen LogP contribution in [0.2, 0.25) is 0 Å². The minimum absolute atomic E-state index is 0.0383. The number of benzene rings is 2. The van der Waals surface area contributed by atoms with Gasteiger partial charge in [-0.2, -0.15) is 0 Å². The second-order valence-corrected chi connectivity index (χ2v) is 3.49. The van der Waals surface area contributed by atoms with Crippen molar-refractivity contribution < 1.29 is 18.7 Å². The summed E-state index contributed by atoms with van der Waals surface area (Å²) in [7, 11) is 0. The minimum atomic E-state index is -1.28. The van der Waals surface area contributed by atoms with E-state index in [1.165, 1.54) is 30.3 Å². The van der Waals surface area contributed by atoms with Crippen molar-refractivity contribution >= 4 is 5.97 Å². The van der Waals surface area contributed by atoms with Gasteiger partial charge in [-0.3, -0.25) is 0 Å². The fourth-order valence-electron chi connectivity index (χ4n) is 1.47. The van der Waals surface area contributed by atoms with Crippen molar-refractivity contribution in [1.29, 1.82) is 0 Å². The highest BCUT2D eigenvalue weighted by atomic mass is 19.2. The van der Waals surface area contributed by atoms with Crippen LogP contribution in [0.1, 0.15) is 10.4 Å². The van der Waals surface area contributed by atoms with Crippen LogP contribution in [0.3, 0.4) is 0 Å². The van der Waals surface area contributed by atoms with Crippen molar-refractivity contribution in [3.05, 3.63) is 59.7 Å². The number of carboxylic acids is 1. The first-order chi connectivity index (χ1) is 8.08. The summed E-state index contributed by atoms with van der Waals surface area (Å²) in [5, 5.41) is 10.5. The quantitative estimate of drug-likeness (QED) is 0.795. The lowest BCUT2D eigenvalue weighted by Gasteiger charge is -2.05. The molecule has 4 heteroatoms. The Morgan fingerprint density at radius 3 is 2.00 bits per heavy atom. The molecule has 86 valence electrons. The van der Waals surface area contributed by atoms with Gasteiger partial charge in [0.1, 0.15) is 0 Å². The summed E-state index contributed by atoms with van der Waals surface area (Å²) in [5.41, 5.74) is 1.12. The van der Waals surface area contributed by atoms with Gasteiger partial charge in [-0.1, -0.05) is 30.3 Å². The zero-order valence-electron chi connectivity index (χ0n) is 8.61. The summed E-state index contributed by atoms with van der Waals surface area (Å²) >= 11 is 0. The van der Waals surface area contributed by atoms with Crippen LogP contribution in [0, 0.1) is 11.6 Å². The Morgan fingerprint density at radius 2 is 1.47 bits per heavy atom. The first-order valence-electron chi connectivity index (χ1n) is 4.85. The largest absolute Gasteiger partial charge is 0.545 e. The van der Waals surface area contributed by atoms with Crippen LogP contribution in [-0.2, 0) is 0 Å². The number of carbonyl (C=O) groups excluding carboxylic acids is 1. The Bertz CT molecular complexity index is 562. The number of hydrogen-bond acceptors (Lipinski definition) is 2. The van der Waals surface area contributed by atoms with Crippen molar-refractivity contribution in [2.75, 3.05) is 0 Å². The van der Waals surface area contributed by atoms with Crippen LogP contribution in [0.5, 0.6) is 0 Å². The zero-order chi connectivity index (χ0) is 12.4. The molecular weight excluding hydrogens is 226 g/mol. The Balaban J connectivity index is 2.39. The highest BCUT2D eigenvalue weighted by molar-refractivity contribution is 5.86. The van der Waals surface area contributed by atoms with E-state index in [4.69, 9.17) is 0 Å². The summed E-state index contributed by atoms with van der Waals surface area (Å²) in [6.45, 7) is 0. The van der Waals surface area contributed by atoms with Crippen molar-refractivity contribution in [3.63, 3.8) is 0 Å². The fourth-order valence-corrected chi connectivity index (χ4v) is 1.47. The normalized spacial score (nSPS) is 10.2. The lowest BCUT2D eigenvalue weighted by atomic mass is 10.0. The molecule has 2 aromatic carbocycles. The molecule has 0 fully saturated rings. The van der Waals surface area contributed by atoms with E-state index in [1.807, 2.05) is 0 Å². The number of carboxylic acid groups (broad SMARTS) is 1. The van der Waals surface area contributed by atoms with E-state index in [2.05, 4.69) is 0 Å². The Hall–Kier alpha value is -2.23. The van der Waals surface area contributed by atoms with E-state index in [0.717, 1.165) is 12.1 Å². The average molecular weight is 233 g/mol. The third kappa shape index (κ3) is 2.30. The van der Waals surface area contributed by atoms with Gasteiger partial charge in [-0.05, 0) is 28.8 Å². The molecule has 2 aromatic rings. The molecule has 0 heterocycles. The van der Waals surface area contributed by atoms with Gasteiger partial charge in [0.2, 0.25) is 0 Å². The first kappa shape index (κ1) is 11.3. The number of hydrogen-bond donors (Lipinski definition) is 0. The minimum Gasteiger partial charge on any atom is -0.545 e. The highest BCUT2D eigenvalue weighted by Gasteiger charge is 2.04. The third-order valence-corrected chi connectivity index (χ3v) is 2.37. The molecule has 0 spiro atoms. The van der Waals surface area contributed by atoms with Crippen LogP contribution in [-0.4, -0.2) is 5.97 Å². The Labute approximate surface area is 96.1 Å². The molecule has 0 aliphatic heterocycles. The van der Waals surface area contributed by atoms with Crippen LogP contribution >= 0.6 is 0 Å². The van der Waals surface area contributed by atoms with Gasteiger partial charge in [-0.25, -0.2) is 8.78 Å². The van der Waals surface area contributed by atoms with Gasteiger partial charge in [0, 0.05) is 0 Å². The number of rotatable bonds is 2. The number of aromatic carboxylic acids is 1. The van der Waals surface area contributed by atoms with Crippen molar-refractivity contribution in [1.82, 2.24) is 0 Å². The summed E-state index contributed by atoms with van der Waals surface area (Å²) < 4.78 is 25.7. The van der Waals surface area contributed by atoms with Gasteiger partial charge in [0.15, 0.2) is 11.6 Å². The number of halogens is 2. The second-order valence-electron chi connectivity index (χ2n) is 3.49. The molecule has 2 rings (SSSR count). The molecule has 2 nitrogen and oxygen atoms in total. The van der Waals surface area contributed by atoms with E-state index in [0.29, 0.717) is 11.1 Å². The molecule has 0 saturated carbocycles. The zero-order valence-corrected chi connectivity index (χ0v) is 8.61. The molecule has 0 N–H and O–H groups in total. The molecule has 0 aliphatic rings. The third-order valence-electron chi connectivity index (χ3n) is 2.37. The van der Waals surface area contributed by atoms with Gasteiger partial charge in [-0.15, -0.1) is 0 Å². The van der Waals surface area contributed by atoms with Gasteiger partial charge in [0.05, 0.1) is 5.97 Å². The summed E-state index contributed by atoms with van der Waals surface area (Å²) in [6, 6.07) is 9.24. The SMILES string of the molecule is O=C([O-])c1ccc(-c2ccc(F)c(F)c2)cc1. The fraction of sp³-hybridized carbons (Fsp3) is 0. The Kier molecular flexibility index (Phi) is 2.87. The van der Waals surface area contributed by atoms with Crippen molar-refractivity contribution in [3.8, 4) is 11.1 Å². The van der Waals surface area contributed by atoms with Gasteiger partial charge >= 0.3 is 0 Å². The van der Waals surface area contributed by atoms with Crippen molar-refractivity contribution in [2.45, 2.75) is 0 Å². The van der Waals surface area contributed by atoms with Crippen LogP contribution < -0.4 is 5.11 Å². The van der Waals surface area contributed by atoms with Crippen LogP contribution in [0.4, 0.5) is 8.78 Å². The molecule has 17 heavy (non-hydrogen) atoms. The lowest BCUT2D eigenvalue weighted by Crippen LogP contribution is -2.21. The average Bonchev–Trinajstić information content (AvgIpc) is 2.33. The molecule has 0 saturated heterocycles. The summed E-state index contributed by atoms with van der Waals surface area (Å²) in [6.07, 6.45) is 0. The van der Waals surface area contributed by atoms with E-state index >= 15 is 0 Å². The van der Waals surface area contributed by atoms with Crippen molar-refractivity contribution in [2.24, 2.45) is 0 Å². The predicted octanol–water partition coefficient (Wildman–Crippen LogP) is 2.00. The standard InChI is InChI=1S/C13H8F2O2/c14-11-6-5-10(7-12(11)15)8-1-3-9(4-2-8)13(16)17/h1-7H,(H,16,17)/p-1. The van der Waals surface area contributed by atoms with Crippen LogP contribution in [0.25, 0.3) is 11.1 Å². The topological polar surface area (TPSA) is 40.1 Å². The van der Waals surface area contributed by atoms with E-state index < -0.39 is 17.6 Å². The summed E-state index contributed by atoms with van der Waals surface area (Å²) in [4.78, 5) is 10.5. The molecule has 0 amide bonds. The number of carbonyl (C=O) groups is 1. The molecule has 0 radical (unpaired) electrons. The lowest BCUT2D eigenvalue weighted by molar-refractivity contribution is -0.255. The smallest absolute Gasteiger partial charge is 0.159 e. The molecule has 0 unspecified atom stereocenters. The molecule has 0 atom stereocenters. The van der Waals surface area contributed by atoms with Gasteiger partial charge < -0.3 is 9.90 Å². The highest BCUT2D eigenvalue weighted by Crippen LogP contribution is 2.21. The molecule has 0 aliphatic carbocycles. The van der Waals surface area contributed by atoms with E-state index in [-0.39, 0.29) is 5.56 Å². The van der Waals surface area contributed by atoms with Crippen LogP contribution in [0.15, 0.2) is 42.5 Å². The first-order valence-corrected chi connectivity index (χ1v) is 4.85. The maximum absolute atomic E-state index is 13.0. The summed E-state index contributed by atoms with van der Waals surface area (Å²) in [5.74, 6) is -3.13. The molecule has 0 bridgehead atoms. The van der Waals surface area contributed by atoms with E-state index in [1.54, 1.807) is 0 Å². The monoisotopic (exact) mass is 233 g/mol. The maximum Gasteiger partial charge on any atom is 0.159 e. The molecule has 0 aromatic heterocycles. The Morgan fingerprint density at radius 1 is 0.882 bits per heavy atom. The molecular formula is C13H7F2O2-. The predicted molar refractivity (Wildman–Crippen MR) is 56.1 cm³/mol. The maximum atomic E-state index is 13.0. The second kappa shape index (κ2) is 4.33. The van der Waals surface area contributed by atoms with Gasteiger partial charge in [0.25, 0.3) is 0 Å².